The van der Waals surface area contributed by atoms with Crippen molar-refractivity contribution in [2.75, 3.05) is 25.7 Å². The number of hydrogen-bond donors (Lipinski definition) is 0. The quantitative estimate of drug-likeness (QED) is 0.291. The summed E-state index contributed by atoms with van der Waals surface area (Å²) in [6.07, 6.45) is 10.4. The zero-order chi connectivity index (χ0) is 13.5. The Balaban J connectivity index is 2.97. The average molecular weight is 279 g/mol. The summed E-state index contributed by atoms with van der Waals surface area (Å²) in [5.74, 6) is -0.467. The van der Waals surface area contributed by atoms with Crippen LogP contribution in [-0.2, 0) is 14.3 Å². The SMILES string of the molecule is CCCCCCCCCCOCCOC(=O)CCl. The average Bonchev–Trinajstić information content (AvgIpc) is 2.39. The second-order valence-corrected chi connectivity index (χ2v) is 4.71. The van der Waals surface area contributed by atoms with Crippen LogP contribution >= 0.6 is 11.6 Å². The number of hydrogen-bond acceptors (Lipinski definition) is 3. The number of unbranched alkanes of at least 4 members (excludes halogenated alkanes) is 7. The van der Waals surface area contributed by atoms with Gasteiger partial charge in [-0.3, -0.25) is 4.79 Å². The van der Waals surface area contributed by atoms with Gasteiger partial charge in [-0.15, -0.1) is 11.6 Å². The molecule has 0 fully saturated rings. The van der Waals surface area contributed by atoms with Crippen molar-refractivity contribution in [1.29, 1.82) is 0 Å². The van der Waals surface area contributed by atoms with Crippen LogP contribution in [0.1, 0.15) is 58.3 Å². The van der Waals surface area contributed by atoms with Crippen molar-refractivity contribution in [3.05, 3.63) is 0 Å². The molecule has 0 heterocycles. The predicted octanol–water partition coefficient (Wildman–Crippen LogP) is 3.93. The molecular weight excluding hydrogens is 252 g/mol. The molecule has 0 unspecified atom stereocenters. The summed E-state index contributed by atoms with van der Waals surface area (Å²) in [5.41, 5.74) is 0. The molecule has 108 valence electrons. The standard InChI is InChI=1S/C14H27ClO3/c1-2-3-4-5-6-7-8-9-10-17-11-12-18-14(16)13-15/h2-13H2,1H3. The number of rotatable bonds is 13. The first-order chi connectivity index (χ1) is 8.81. The van der Waals surface area contributed by atoms with Crippen LogP contribution in [0, 0.1) is 0 Å². The first-order valence-electron chi connectivity index (χ1n) is 7.10. The maximum atomic E-state index is 10.7. The fourth-order valence-electron chi connectivity index (χ4n) is 1.69. The molecule has 0 aliphatic rings. The first-order valence-corrected chi connectivity index (χ1v) is 7.64. The zero-order valence-electron chi connectivity index (χ0n) is 11.6. The molecule has 3 nitrogen and oxygen atoms in total. The van der Waals surface area contributed by atoms with E-state index in [2.05, 4.69) is 6.92 Å². The number of alkyl halides is 1. The Bertz CT molecular complexity index is 186. The van der Waals surface area contributed by atoms with Crippen molar-refractivity contribution in [3.8, 4) is 0 Å². The van der Waals surface area contributed by atoms with Gasteiger partial charge >= 0.3 is 5.97 Å². The highest BCUT2D eigenvalue weighted by Gasteiger charge is 1.98. The minimum absolute atomic E-state index is 0.0853. The van der Waals surface area contributed by atoms with E-state index >= 15 is 0 Å². The predicted molar refractivity (Wildman–Crippen MR) is 75.1 cm³/mol. The molecule has 0 rings (SSSR count). The Labute approximate surface area is 116 Å². The molecule has 0 aromatic heterocycles. The molecule has 18 heavy (non-hydrogen) atoms. The monoisotopic (exact) mass is 278 g/mol. The maximum absolute atomic E-state index is 10.7. The van der Waals surface area contributed by atoms with E-state index in [1.807, 2.05) is 0 Å². The molecule has 0 saturated heterocycles. The summed E-state index contributed by atoms with van der Waals surface area (Å²) in [7, 11) is 0. The van der Waals surface area contributed by atoms with Gasteiger partial charge in [0.25, 0.3) is 0 Å². The largest absolute Gasteiger partial charge is 0.462 e. The van der Waals surface area contributed by atoms with E-state index in [0.29, 0.717) is 13.2 Å². The van der Waals surface area contributed by atoms with Crippen molar-refractivity contribution in [3.63, 3.8) is 0 Å². The van der Waals surface area contributed by atoms with E-state index in [4.69, 9.17) is 21.1 Å². The topological polar surface area (TPSA) is 35.5 Å². The number of carbonyl (C=O) groups excluding carboxylic acids is 1. The molecule has 0 amide bonds. The van der Waals surface area contributed by atoms with Gasteiger partial charge in [-0.2, -0.15) is 0 Å². The smallest absolute Gasteiger partial charge is 0.320 e. The van der Waals surface area contributed by atoms with Crippen molar-refractivity contribution in [2.45, 2.75) is 58.3 Å². The zero-order valence-corrected chi connectivity index (χ0v) is 12.3. The first kappa shape index (κ1) is 17.7. The van der Waals surface area contributed by atoms with Gasteiger partial charge in [0.2, 0.25) is 0 Å². The van der Waals surface area contributed by atoms with Crippen LogP contribution < -0.4 is 0 Å². The molecule has 0 aliphatic heterocycles. The second kappa shape index (κ2) is 14.8. The van der Waals surface area contributed by atoms with Crippen molar-refractivity contribution in [1.82, 2.24) is 0 Å². The van der Waals surface area contributed by atoms with E-state index in [1.165, 1.54) is 44.9 Å². The van der Waals surface area contributed by atoms with Gasteiger partial charge in [0.05, 0.1) is 6.61 Å². The minimum Gasteiger partial charge on any atom is -0.462 e. The van der Waals surface area contributed by atoms with Gasteiger partial charge in [0, 0.05) is 6.61 Å². The lowest BCUT2D eigenvalue weighted by molar-refractivity contribution is -0.142. The summed E-state index contributed by atoms with van der Waals surface area (Å²) in [6.45, 7) is 3.77. The highest BCUT2D eigenvalue weighted by Crippen LogP contribution is 2.08. The number of esters is 1. The number of carbonyl (C=O) groups is 1. The third-order valence-corrected chi connectivity index (χ3v) is 2.96. The molecule has 0 aromatic carbocycles. The molecule has 0 radical (unpaired) electrons. The third kappa shape index (κ3) is 13.8. The molecule has 0 aromatic rings. The van der Waals surface area contributed by atoms with Gasteiger partial charge in [-0.1, -0.05) is 51.9 Å². The fourth-order valence-corrected chi connectivity index (χ4v) is 1.77. The normalized spacial score (nSPS) is 10.6. The van der Waals surface area contributed by atoms with Crippen molar-refractivity contribution in [2.24, 2.45) is 0 Å². The summed E-state index contributed by atoms with van der Waals surface area (Å²) in [4.78, 5) is 10.7. The fraction of sp³-hybridized carbons (Fsp3) is 0.929. The van der Waals surface area contributed by atoms with Crippen LogP contribution in [0.25, 0.3) is 0 Å². The van der Waals surface area contributed by atoms with Crippen molar-refractivity contribution >= 4 is 17.6 Å². The third-order valence-electron chi connectivity index (χ3n) is 2.74. The van der Waals surface area contributed by atoms with E-state index in [0.717, 1.165) is 13.0 Å². The van der Waals surface area contributed by atoms with E-state index in [9.17, 15) is 4.79 Å². The van der Waals surface area contributed by atoms with Crippen LogP contribution in [0.2, 0.25) is 0 Å². The van der Waals surface area contributed by atoms with Crippen LogP contribution in [-0.4, -0.2) is 31.7 Å². The minimum atomic E-state index is -0.382. The van der Waals surface area contributed by atoms with Gasteiger partial charge in [-0.05, 0) is 6.42 Å². The summed E-state index contributed by atoms with van der Waals surface area (Å²) in [6, 6.07) is 0. The molecule has 0 spiro atoms. The van der Waals surface area contributed by atoms with Gasteiger partial charge in [0.1, 0.15) is 12.5 Å². The van der Waals surface area contributed by atoms with Gasteiger partial charge < -0.3 is 9.47 Å². The van der Waals surface area contributed by atoms with Gasteiger partial charge in [0.15, 0.2) is 0 Å². The Kier molecular flexibility index (Phi) is 14.5. The molecule has 0 saturated carbocycles. The maximum Gasteiger partial charge on any atom is 0.320 e. The van der Waals surface area contributed by atoms with E-state index in [1.54, 1.807) is 0 Å². The highest BCUT2D eigenvalue weighted by molar-refractivity contribution is 6.26. The lowest BCUT2D eigenvalue weighted by atomic mass is 10.1. The second-order valence-electron chi connectivity index (χ2n) is 4.44. The molecule has 0 bridgehead atoms. The number of ether oxygens (including phenoxy) is 2. The van der Waals surface area contributed by atoms with Crippen LogP contribution in [0.4, 0.5) is 0 Å². The summed E-state index contributed by atoms with van der Waals surface area (Å²) in [5, 5.41) is 0. The lowest BCUT2D eigenvalue weighted by Gasteiger charge is -2.05. The van der Waals surface area contributed by atoms with Crippen LogP contribution in [0.3, 0.4) is 0 Å². The Morgan fingerprint density at radius 1 is 0.889 bits per heavy atom. The highest BCUT2D eigenvalue weighted by atomic mass is 35.5. The lowest BCUT2D eigenvalue weighted by Crippen LogP contribution is -2.11. The Morgan fingerprint density at radius 3 is 2.11 bits per heavy atom. The Morgan fingerprint density at radius 2 is 1.50 bits per heavy atom. The summed E-state index contributed by atoms with van der Waals surface area (Å²) < 4.78 is 10.1. The van der Waals surface area contributed by atoms with Crippen molar-refractivity contribution < 1.29 is 14.3 Å². The van der Waals surface area contributed by atoms with Gasteiger partial charge in [-0.25, -0.2) is 0 Å². The molecule has 0 N–H and O–H groups in total. The molecule has 0 atom stereocenters. The molecule has 0 aliphatic carbocycles. The number of halogens is 1. The molecular formula is C14H27ClO3. The van der Waals surface area contributed by atoms with Crippen LogP contribution in [0.5, 0.6) is 0 Å². The Hall–Kier alpha value is -0.280. The van der Waals surface area contributed by atoms with E-state index in [-0.39, 0.29) is 11.8 Å². The van der Waals surface area contributed by atoms with E-state index < -0.39 is 0 Å². The van der Waals surface area contributed by atoms with Crippen LogP contribution in [0.15, 0.2) is 0 Å². The summed E-state index contributed by atoms with van der Waals surface area (Å²) >= 11 is 5.28. The molecule has 4 heteroatoms.